The molecular weight excluding hydrogens is 316 g/mol. The van der Waals surface area contributed by atoms with Gasteiger partial charge in [0.2, 0.25) is 11.8 Å². The minimum Gasteiger partial charge on any atom is -0.419 e. The number of rotatable bonds is 7. The maximum atomic E-state index is 12.2. The van der Waals surface area contributed by atoms with Gasteiger partial charge in [-0.15, -0.1) is 10.2 Å². The van der Waals surface area contributed by atoms with E-state index in [0.717, 1.165) is 25.0 Å². The van der Waals surface area contributed by atoms with Crippen LogP contribution >= 0.6 is 0 Å². The molecule has 1 N–H and O–H groups in total. The van der Waals surface area contributed by atoms with Crippen molar-refractivity contribution >= 4 is 5.91 Å². The van der Waals surface area contributed by atoms with Gasteiger partial charge in [0.1, 0.15) is 12.2 Å². The van der Waals surface area contributed by atoms with E-state index in [1.807, 2.05) is 41.1 Å². The topological polar surface area (TPSA) is 73.0 Å². The first-order valence-electron chi connectivity index (χ1n) is 8.59. The van der Waals surface area contributed by atoms with Crippen LogP contribution in [0.25, 0.3) is 11.6 Å². The zero-order valence-electron chi connectivity index (χ0n) is 13.9. The Balaban J connectivity index is 1.34. The van der Waals surface area contributed by atoms with E-state index >= 15 is 0 Å². The average Bonchev–Trinajstić information content (AvgIpc) is 3.18. The van der Waals surface area contributed by atoms with Crippen LogP contribution in [0.15, 0.2) is 53.1 Å². The van der Waals surface area contributed by atoms with E-state index in [1.54, 1.807) is 0 Å². The summed E-state index contributed by atoms with van der Waals surface area (Å²) in [6.45, 7) is 0.851. The van der Waals surface area contributed by atoms with Crippen molar-refractivity contribution in [2.24, 2.45) is 0 Å². The van der Waals surface area contributed by atoms with Crippen LogP contribution < -0.4 is 5.32 Å². The van der Waals surface area contributed by atoms with Gasteiger partial charge in [-0.25, -0.2) is 0 Å². The average molecular weight is 336 g/mol. The summed E-state index contributed by atoms with van der Waals surface area (Å²) < 4.78 is 7.57. The normalized spacial score (nSPS) is 13.8. The van der Waals surface area contributed by atoms with Crippen LogP contribution in [-0.4, -0.2) is 27.2 Å². The number of hydrogen-bond acceptors (Lipinski definition) is 4. The Morgan fingerprint density at radius 3 is 2.80 bits per heavy atom. The van der Waals surface area contributed by atoms with Gasteiger partial charge in [-0.05, 0) is 37.0 Å². The van der Waals surface area contributed by atoms with Crippen LogP contribution in [0.3, 0.4) is 0 Å². The van der Waals surface area contributed by atoms with Gasteiger partial charge in [0.05, 0.1) is 0 Å². The van der Waals surface area contributed by atoms with Crippen molar-refractivity contribution in [1.29, 1.82) is 0 Å². The number of aromatic nitrogens is 3. The zero-order chi connectivity index (χ0) is 17.1. The summed E-state index contributed by atoms with van der Waals surface area (Å²) in [4.78, 5) is 12.2. The minimum absolute atomic E-state index is 0.0321. The van der Waals surface area contributed by atoms with E-state index < -0.39 is 0 Å². The molecule has 0 spiro atoms. The van der Waals surface area contributed by atoms with Crippen LogP contribution in [0.5, 0.6) is 0 Å². The Morgan fingerprint density at radius 2 is 2.00 bits per heavy atom. The monoisotopic (exact) mass is 336 g/mol. The second-order valence-electron chi connectivity index (χ2n) is 6.33. The van der Waals surface area contributed by atoms with Gasteiger partial charge in [0.15, 0.2) is 0 Å². The van der Waals surface area contributed by atoms with Crippen LogP contribution in [0, 0.1) is 0 Å². The molecule has 3 aromatic rings. The third-order valence-electron chi connectivity index (χ3n) is 4.31. The summed E-state index contributed by atoms with van der Waals surface area (Å²) in [7, 11) is 0. The van der Waals surface area contributed by atoms with Crippen molar-refractivity contribution in [1.82, 2.24) is 20.1 Å². The Kier molecular flexibility index (Phi) is 4.33. The lowest BCUT2D eigenvalue weighted by atomic mass is 10.1. The van der Waals surface area contributed by atoms with E-state index in [9.17, 15) is 4.79 Å². The highest BCUT2D eigenvalue weighted by Crippen LogP contribution is 2.39. The molecule has 0 atom stereocenters. The predicted molar refractivity (Wildman–Crippen MR) is 92.9 cm³/mol. The van der Waals surface area contributed by atoms with Gasteiger partial charge in [-0.3, -0.25) is 4.79 Å². The summed E-state index contributed by atoms with van der Waals surface area (Å²) in [6.07, 6.45) is 4.91. The molecule has 25 heavy (non-hydrogen) atoms. The van der Waals surface area contributed by atoms with Crippen LogP contribution in [0.4, 0.5) is 0 Å². The molecular formula is C19H20N4O2. The number of amides is 1. The summed E-state index contributed by atoms with van der Waals surface area (Å²) in [5, 5.41) is 11.2. The molecule has 0 aliphatic heterocycles. The molecule has 2 heterocycles. The molecule has 1 aliphatic carbocycles. The standard InChI is InChI=1S/C19H20N4O2/c24-17(20-11-10-14-5-2-1-3-6-14)13-23-12-4-7-16(23)19-22-21-18(25-19)15-8-9-15/h1-7,12,15H,8-11,13H2,(H,20,24). The van der Waals surface area contributed by atoms with Gasteiger partial charge < -0.3 is 14.3 Å². The van der Waals surface area contributed by atoms with Gasteiger partial charge in [-0.1, -0.05) is 30.3 Å². The molecule has 1 saturated carbocycles. The number of carbonyl (C=O) groups is 1. The molecule has 0 bridgehead atoms. The number of nitrogens with one attached hydrogen (secondary N) is 1. The third-order valence-corrected chi connectivity index (χ3v) is 4.31. The number of nitrogens with zero attached hydrogens (tertiary/aromatic N) is 3. The predicted octanol–water partition coefficient (Wildman–Crippen LogP) is 2.77. The summed E-state index contributed by atoms with van der Waals surface area (Å²) in [5.41, 5.74) is 1.99. The molecule has 0 radical (unpaired) electrons. The molecule has 1 aromatic carbocycles. The Labute approximate surface area is 145 Å². The lowest BCUT2D eigenvalue weighted by molar-refractivity contribution is -0.121. The first kappa shape index (κ1) is 15.6. The lowest BCUT2D eigenvalue weighted by Crippen LogP contribution is -2.29. The van der Waals surface area contributed by atoms with Crippen molar-refractivity contribution in [2.45, 2.75) is 31.7 Å². The van der Waals surface area contributed by atoms with Crippen LogP contribution in [0.2, 0.25) is 0 Å². The quantitative estimate of drug-likeness (QED) is 0.720. The Hall–Kier alpha value is -2.89. The fraction of sp³-hybridized carbons (Fsp3) is 0.316. The summed E-state index contributed by atoms with van der Waals surface area (Å²) in [6, 6.07) is 13.9. The number of benzene rings is 1. The van der Waals surface area contributed by atoms with Crippen molar-refractivity contribution in [2.75, 3.05) is 6.54 Å². The molecule has 0 saturated heterocycles. The fourth-order valence-corrected chi connectivity index (χ4v) is 2.78. The fourth-order valence-electron chi connectivity index (χ4n) is 2.78. The van der Waals surface area contributed by atoms with E-state index in [0.29, 0.717) is 24.2 Å². The molecule has 1 aliphatic rings. The third kappa shape index (κ3) is 3.79. The highest BCUT2D eigenvalue weighted by atomic mass is 16.4. The van der Waals surface area contributed by atoms with Crippen molar-refractivity contribution in [3.63, 3.8) is 0 Å². The molecule has 4 rings (SSSR count). The van der Waals surface area contributed by atoms with Crippen molar-refractivity contribution in [3.8, 4) is 11.6 Å². The molecule has 0 unspecified atom stereocenters. The van der Waals surface area contributed by atoms with E-state index in [-0.39, 0.29) is 12.5 Å². The Bertz CT molecular complexity index is 849. The van der Waals surface area contributed by atoms with Gasteiger partial charge in [0, 0.05) is 18.7 Å². The second-order valence-corrected chi connectivity index (χ2v) is 6.33. The zero-order valence-corrected chi connectivity index (χ0v) is 13.9. The second kappa shape index (κ2) is 6.93. The molecule has 6 nitrogen and oxygen atoms in total. The molecule has 6 heteroatoms. The first-order valence-corrected chi connectivity index (χ1v) is 8.59. The molecule has 2 aromatic heterocycles. The maximum Gasteiger partial charge on any atom is 0.264 e. The van der Waals surface area contributed by atoms with Crippen molar-refractivity contribution < 1.29 is 9.21 Å². The van der Waals surface area contributed by atoms with E-state index in [4.69, 9.17) is 4.42 Å². The van der Waals surface area contributed by atoms with E-state index in [2.05, 4.69) is 27.6 Å². The largest absolute Gasteiger partial charge is 0.419 e. The molecule has 1 amide bonds. The minimum atomic E-state index is -0.0321. The van der Waals surface area contributed by atoms with Crippen molar-refractivity contribution in [3.05, 3.63) is 60.1 Å². The van der Waals surface area contributed by atoms with E-state index in [1.165, 1.54) is 5.56 Å². The maximum absolute atomic E-state index is 12.2. The smallest absolute Gasteiger partial charge is 0.264 e. The van der Waals surface area contributed by atoms with Gasteiger partial charge >= 0.3 is 0 Å². The molecule has 1 fully saturated rings. The van der Waals surface area contributed by atoms with Gasteiger partial charge in [-0.2, -0.15) is 0 Å². The number of carbonyl (C=O) groups excluding carboxylic acids is 1. The number of hydrogen-bond donors (Lipinski definition) is 1. The Morgan fingerprint density at radius 1 is 1.16 bits per heavy atom. The first-order chi connectivity index (χ1) is 12.3. The summed E-state index contributed by atoms with van der Waals surface area (Å²) >= 11 is 0. The van der Waals surface area contributed by atoms with Gasteiger partial charge in [0.25, 0.3) is 5.89 Å². The highest BCUT2D eigenvalue weighted by Gasteiger charge is 2.29. The van der Waals surface area contributed by atoms with Crippen LogP contribution in [-0.2, 0) is 17.8 Å². The SMILES string of the molecule is O=C(Cn1cccc1-c1nnc(C2CC2)o1)NCCc1ccccc1. The molecule has 128 valence electrons. The summed E-state index contributed by atoms with van der Waals surface area (Å²) in [5.74, 6) is 1.57. The highest BCUT2D eigenvalue weighted by molar-refractivity contribution is 5.76. The van der Waals surface area contributed by atoms with Crippen LogP contribution in [0.1, 0.15) is 30.2 Å². The lowest BCUT2D eigenvalue weighted by Gasteiger charge is -2.08.